The molecule has 2 rings (SSSR count). The van der Waals surface area contributed by atoms with Crippen molar-refractivity contribution in [3.8, 4) is 0 Å². The molecule has 2 heterocycles. The number of carbonyl (C=O) groups excluding carboxylic acids is 1. The normalized spacial score (nSPS) is 25.5. The van der Waals surface area contributed by atoms with Gasteiger partial charge in [0, 0.05) is 11.6 Å². The van der Waals surface area contributed by atoms with Gasteiger partial charge in [-0.2, -0.15) is 0 Å². The van der Waals surface area contributed by atoms with Crippen molar-refractivity contribution in [2.75, 3.05) is 0 Å². The van der Waals surface area contributed by atoms with Crippen molar-refractivity contribution in [1.82, 2.24) is 4.98 Å². The smallest absolute Gasteiger partial charge is 0.340 e. The zero-order chi connectivity index (χ0) is 10.3. The van der Waals surface area contributed by atoms with Gasteiger partial charge >= 0.3 is 5.97 Å². The lowest BCUT2D eigenvalue weighted by Gasteiger charge is -2.27. The summed E-state index contributed by atoms with van der Waals surface area (Å²) < 4.78 is 5.19. The van der Waals surface area contributed by atoms with E-state index in [2.05, 4.69) is 4.98 Å². The Morgan fingerprint density at radius 1 is 1.36 bits per heavy atom. The second kappa shape index (κ2) is 3.08. The molecular weight excluding hydrogens is 178 g/mol. The van der Waals surface area contributed by atoms with E-state index in [0.717, 1.165) is 11.4 Å². The van der Waals surface area contributed by atoms with Gasteiger partial charge in [-0.25, -0.2) is 4.79 Å². The van der Waals surface area contributed by atoms with Crippen LogP contribution in [0, 0.1) is 6.92 Å². The van der Waals surface area contributed by atoms with Crippen LogP contribution in [0.4, 0.5) is 0 Å². The van der Waals surface area contributed by atoms with E-state index in [0.29, 0.717) is 5.56 Å². The van der Waals surface area contributed by atoms with Gasteiger partial charge in [0.2, 0.25) is 0 Å². The van der Waals surface area contributed by atoms with Gasteiger partial charge in [-0.05, 0) is 26.0 Å². The number of hydrogen-bond acceptors (Lipinski definition) is 3. The van der Waals surface area contributed by atoms with Gasteiger partial charge in [0.15, 0.2) is 0 Å². The standard InChI is InChI=1S/C11H13NO2/c1-6-4-5-9-10(12-6)7(2)8(3)14-11(9)13/h4-5,7-8H,1-3H3/t7-,8-/m0/s1. The van der Waals surface area contributed by atoms with Crippen LogP contribution in [0.25, 0.3) is 0 Å². The minimum absolute atomic E-state index is 0.0794. The summed E-state index contributed by atoms with van der Waals surface area (Å²) in [6.07, 6.45) is -0.0794. The van der Waals surface area contributed by atoms with Gasteiger partial charge in [-0.15, -0.1) is 0 Å². The third kappa shape index (κ3) is 1.29. The first-order chi connectivity index (χ1) is 6.59. The van der Waals surface area contributed by atoms with Crippen LogP contribution in [0.5, 0.6) is 0 Å². The Labute approximate surface area is 83.1 Å². The van der Waals surface area contributed by atoms with E-state index in [9.17, 15) is 4.79 Å². The average Bonchev–Trinajstić information content (AvgIpc) is 2.14. The van der Waals surface area contributed by atoms with Gasteiger partial charge in [0.1, 0.15) is 6.10 Å². The van der Waals surface area contributed by atoms with Gasteiger partial charge in [0.05, 0.1) is 11.3 Å². The second-order valence-corrected chi connectivity index (χ2v) is 3.78. The molecule has 3 nitrogen and oxygen atoms in total. The van der Waals surface area contributed by atoms with Gasteiger partial charge in [-0.1, -0.05) is 6.92 Å². The minimum Gasteiger partial charge on any atom is -0.458 e. The molecule has 2 atom stereocenters. The number of rotatable bonds is 0. The maximum atomic E-state index is 11.5. The van der Waals surface area contributed by atoms with Crippen LogP contribution in [0.15, 0.2) is 12.1 Å². The number of aryl methyl sites for hydroxylation is 1. The predicted molar refractivity (Wildman–Crippen MR) is 52.3 cm³/mol. The summed E-state index contributed by atoms with van der Waals surface area (Å²) in [6, 6.07) is 3.63. The highest BCUT2D eigenvalue weighted by atomic mass is 16.5. The first kappa shape index (κ1) is 9.19. The van der Waals surface area contributed by atoms with Gasteiger partial charge < -0.3 is 4.74 Å². The number of nitrogens with zero attached hydrogens (tertiary/aromatic N) is 1. The average molecular weight is 191 g/mol. The first-order valence-corrected chi connectivity index (χ1v) is 4.78. The van der Waals surface area contributed by atoms with E-state index >= 15 is 0 Å². The van der Waals surface area contributed by atoms with Gasteiger partial charge in [-0.3, -0.25) is 4.98 Å². The van der Waals surface area contributed by atoms with E-state index in [1.807, 2.05) is 26.8 Å². The summed E-state index contributed by atoms with van der Waals surface area (Å²) in [4.78, 5) is 15.9. The molecule has 0 N–H and O–H groups in total. The van der Waals surface area contributed by atoms with Crippen molar-refractivity contribution < 1.29 is 9.53 Å². The monoisotopic (exact) mass is 191 g/mol. The Balaban J connectivity index is 2.56. The quantitative estimate of drug-likeness (QED) is 0.589. The van der Waals surface area contributed by atoms with Crippen molar-refractivity contribution in [3.05, 3.63) is 29.1 Å². The summed E-state index contributed by atoms with van der Waals surface area (Å²) >= 11 is 0. The number of cyclic esters (lactones) is 1. The number of hydrogen-bond donors (Lipinski definition) is 0. The number of pyridine rings is 1. The lowest BCUT2D eigenvalue weighted by molar-refractivity contribution is 0.0234. The highest BCUT2D eigenvalue weighted by molar-refractivity contribution is 5.92. The lowest BCUT2D eigenvalue weighted by Crippen LogP contribution is -2.29. The van der Waals surface area contributed by atoms with E-state index in [-0.39, 0.29) is 18.0 Å². The molecule has 0 amide bonds. The zero-order valence-corrected chi connectivity index (χ0v) is 8.57. The van der Waals surface area contributed by atoms with Crippen molar-refractivity contribution >= 4 is 5.97 Å². The summed E-state index contributed by atoms with van der Waals surface area (Å²) in [5.74, 6) is -0.0688. The molecule has 3 heteroatoms. The van der Waals surface area contributed by atoms with Crippen molar-refractivity contribution in [2.45, 2.75) is 32.8 Å². The maximum absolute atomic E-state index is 11.5. The van der Waals surface area contributed by atoms with Crippen LogP contribution < -0.4 is 0 Å². The van der Waals surface area contributed by atoms with E-state index in [1.165, 1.54) is 0 Å². The molecule has 0 saturated carbocycles. The molecule has 0 saturated heterocycles. The third-order valence-electron chi connectivity index (χ3n) is 2.71. The Kier molecular flexibility index (Phi) is 2.02. The molecule has 0 aromatic carbocycles. The summed E-state index contributed by atoms with van der Waals surface area (Å²) in [5, 5.41) is 0. The van der Waals surface area contributed by atoms with Crippen LogP contribution in [-0.4, -0.2) is 17.1 Å². The first-order valence-electron chi connectivity index (χ1n) is 4.78. The molecular formula is C11H13NO2. The molecule has 0 aliphatic carbocycles. The molecule has 0 radical (unpaired) electrons. The molecule has 0 unspecified atom stereocenters. The largest absolute Gasteiger partial charge is 0.458 e. The number of fused-ring (bicyclic) bond motifs is 1. The summed E-state index contributed by atoms with van der Waals surface area (Å²) in [5.41, 5.74) is 2.42. The molecule has 0 fully saturated rings. The van der Waals surface area contributed by atoms with Gasteiger partial charge in [0.25, 0.3) is 0 Å². The number of carbonyl (C=O) groups is 1. The Hall–Kier alpha value is -1.38. The van der Waals surface area contributed by atoms with Crippen LogP contribution >= 0.6 is 0 Å². The molecule has 0 spiro atoms. The van der Waals surface area contributed by atoms with Crippen LogP contribution in [-0.2, 0) is 4.74 Å². The van der Waals surface area contributed by atoms with Crippen LogP contribution in [0.3, 0.4) is 0 Å². The molecule has 1 aliphatic rings. The molecule has 1 aliphatic heterocycles. The minimum atomic E-state index is -0.252. The van der Waals surface area contributed by atoms with E-state index < -0.39 is 0 Å². The maximum Gasteiger partial charge on any atom is 0.340 e. The Morgan fingerprint density at radius 3 is 2.79 bits per heavy atom. The van der Waals surface area contributed by atoms with Crippen molar-refractivity contribution in [3.63, 3.8) is 0 Å². The number of esters is 1. The Bertz CT molecular complexity index is 387. The fourth-order valence-electron chi connectivity index (χ4n) is 1.65. The van der Waals surface area contributed by atoms with E-state index in [1.54, 1.807) is 6.07 Å². The second-order valence-electron chi connectivity index (χ2n) is 3.78. The number of aromatic nitrogens is 1. The fourth-order valence-corrected chi connectivity index (χ4v) is 1.65. The topological polar surface area (TPSA) is 39.2 Å². The molecule has 74 valence electrons. The lowest BCUT2D eigenvalue weighted by atomic mass is 9.94. The fraction of sp³-hybridized carbons (Fsp3) is 0.455. The predicted octanol–water partition coefficient (Wildman–Crippen LogP) is 2.05. The summed E-state index contributed by atoms with van der Waals surface area (Å²) in [6.45, 7) is 5.86. The zero-order valence-electron chi connectivity index (χ0n) is 8.57. The molecule has 0 bridgehead atoms. The van der Waals surface area contributed by atoms with Crippen molar-refractivity contribution in [1.29, 1.82) is 0 Å². The molecule has 1 aromatic heterocycles. The third-order valence-corrected chi connectivity index (χ3v) is 2.71. The number of ether oxygens (including phenoxy) is 1. The Morgan fingerprint density at radius 2 is 2.07 bits per heavy atom. The highest BCUT2D eigenvalue weighted by Gasteiger charge is 2.30. The van der Waals surface area contributed by atoms with E-state index in [4.69, 9.17) is 4.74 Å². The molecule has 1 aromatic rings. The van der Waals surface area contributed by atoms with Crippen LogP contribution in [0.1, 0.15) is 41.5 Å². The SMILES string of the molecule is Cc1ccc2c(n1)[C@@H](C)[C@H](C)OC2=O. The van der Waals surface area contributed by atoms with Crippen molar-refractivity contribution in [2.24, 2.45) is 0 Å². The highest BCUT2D eigenvalue weighted by Crippen LogP contribution is 2.29. The molecule has 14 heavy (non-hydrogen) atoms. The summed E-state index contributed by atoms with van der Waals surface area (Å²) in [7, 11) is 0. The van der Waals surface area contributed by atoms with Crippen LogP contribution in [0.2, 0.25) is 0 Å².